The van der Waals surface area contributed by atoms with Crippen LogP contribution in [0, 0.1) is 0 Å². The van der Waals surface area contributed by atoms with Gasteiger partial charge in [0.2, 0.25) is 10.0 Å². The minimum absolute atomic E-state index is 0. The highest BCUT2D eigenvalue weighted by molar-refractivity contribution is 14.0. The third-order valence-electron chi connectivity index (χ3n) is 3.89. The molecule has 0 aliphatic heterocycles. The van der Waals surface area contributed by atoms with Crippen LogP contribution in [0.25, 0.3) is 0 Å². The zero-order chi connectivity index (χ0) is 20.4. The molecule has 0 aromatic heterocycles. The van der Waals surface area contributed by atoms with Crippen molar-refractivity contribution in [3.63, 3.8) is 0 Å². The van der Waals surface area contributed by atoms with E-state index >= 15 is 0 Å². The number of ether oxygens (including phenoxy) is 1. The summed E-state index contributed by atoms with van der Waals surface area (Å²) in [4.78, 5) is 4.40. The number of guanidine groups is 1. The van der Waals surface area contributed by atoms with E-state index in [2.05, 4.69) is 20.3 Å². The molecule has 0 aliphatic carbocycles. The second-order valence-electron chi connectivity index (χ2n) is 5.94. The molecule has 0 fully saturated rings. The molecule has 7 nitrogen and oxygen atoms in total. The van der Waals surface area contributed by atoms with Gasteiger partial charge >= 0.3 is 0 Å². The SMILES string of the molecule is CN=C(NCc1ccc(Cl)cc1)NCc1ccc(S(=O)(=O)NCCOC)cc1.I. The first kappa shape index (κ1) is 25.6. The van der Waals surface area contributed by atoms with Gasteiger partial charge in [-0.3, -0.25) is 4.99 Å². The first-order valence-corrected chi connectivity index (χ1v) is 10.6. The van der Waals surface area contributed by atoms with E-state index in [1.54, 1.807) is 31.3 Å². The number of rotatable bonds is 9. The van der Waals surface area contributed by atoms with Gasteiger partial charge < -0.3 is 15.4 Å². The molecular formula is C19H26ClIN4O3S. The van der Waals surface area contributed by atoms with Crippen molar-refractivity contribution in [2.24, 2.45) is 4.99 Å². The molecule has 2 rings (SSSR count). The lowest BCUT2D eigenvalue weighted by atomic mass is 10.2. The van der Waals surface area contributed by atoms with Gasteiger partial charge in [-0.2, -0.15) is 0 Å². The third-order valence-corrected chi connectivity index (χ3v) is 5.62. The Morgan fingerprint density at radius 2 is 1.52 bits per heavy atom. The van der Waals surface area contributed by atoms with Gasteiger partial charge in [-0.05, 0) is 35.4 Å². The number of aliphatic imine (C=N–C) groups is 1. The van der Waals surface area contributed by atoms with Gasteiger partial charge in [-0.15, -0.1) is 24.0 Å². The molecule has 3 N–H and O–H groups in total. The molecule has 0 radical (unpaired) electrons. The van der Waals surface area contributed by atoms with E-state index in [1.807, 2.05) is 24.3 Å². The molecule has 2 aromatic rings. The van der Waals surface area contributed by atoms with Crippen LogP contribution in [-0.4, -0.2) is 41.7 Å². The van der Waals surface area contributed by atoms with E-state index in [9.17, 15) is 8.42 Å². The van der Waals surface area contributed by atoms with Crippen molar-refractivity contribution in [1.82, 2.24) is 15.4 Å². The van der Waals surface area contributed by atoms with Crippen molar-refractivity contribution in [1.29, 1.82) is 0 Å². The largest absolute Gasteiger partial charge is 0.383 e. The van der Waals surface area contributed by atoms with E-state index in [1.165, 1.54) is 7.11 Å². The average Bonchev–Trinajstić information content (AvgIpc) is 2.70. The van der Waals surface area contributed by atoms with E-state index in [-0.39, 0.29) is 35.4 Å². The second-order valence-corrected chi connectivity index (χ2v) is 8.14. The number of nitrogens with zero attached hydrogens (tertiary/aromatic N) is 1. The van der Waals surface area contributed by atoms with Crippen molar-refractivity contribution in [3.05, 3.63) is 64.7 Å². The number of halogens is 2. The summed E-state index contributed by atoms with van der Waals surface area (Å²) in [6, 6.07) is 14.3. The zero-order valence-corrected chi connectivity index (χ0v) is 20.2. The molecule has 0 amide bonds. The number of benzene rings is 2. The standard InChI is InChI=1S/C19H25ClN4O3S.HI/c1-21-19(22-13-15-3-7-17(20)8-4-15)23-14-16-5-9-18(10-6-16)28(25,26)24-11-12-27-2;/h3-10,24H,11-14H2,1-2H3,(H2,21,22,23);1H. The number of nitrogens with one attached hydrogen (secondary N) is 3. The quantitative estimate of drug-likeness (QED) is 0.193. The summed E-state index contributed by atoms with van der Waals surface area (Å²) in [5.41, 5.74) is 2.02. The fourth-order valence-corrected chi connectivity index (χ4v) is 3.48. The summed E-state index contributed by atoms with van der Waals surface area (Å²) in [5.74, 6) is 0.646. The normalized spacial score (nSPS) is 11.6. The Labute approximate surface area is 194 Å². The lowest BCUT2D eigenvalue weighted by molar-refractivity contribution is 0.204. The Hall–Kier alpha value is -1.40. The summed E-state index contributed by atoms with van der Waals surface area (Å²) in [6.07, 6.45) is 0. The van der Waals surface area contributed by atoms with Crippen LogP contribution in [0.5, 0.6) is 0 Å². The van der Waals surface area contributed by atoms with Crippen LogP contribution in [0.1, 0.15) is 11.1 Å². The molecule has 2 aromatic carbocycles. The van der Waals surface area contributed by atoms with Gasteiger partial charge in [-0.25, -0.2) is 13.1 Å². The molecule has 160 valence electrons. The number of methoxy groups -OCH3 is 1. The Bertz CT molecular complexity index is 875. The van der Waals surface area contributed by atoms with Crippen LogP contribution >= 0.6 is 35.6 Å². The monoisotopic (exact) mass is 552 g/mol. The average molecular weight is 553 g/mol. The van der Waals surface area contributed by atoms with Crippen molar-refractivity contribution < 1.29 is 13.2 Å². The van der Waals surface area contributed by atoms with Crippen molar-refractivity contribution >= 4 is 51.6 Å². The summed E-state index contributed by atoms with van der Waals surface area (Å²) >= 11 is 5.89. The molecule has 29 heavy (non-hydrogen) atoms. The maximum Gasteiger partial charge on any atom is 0.240 e. The Kier molecular flexibility index (Phi) is 11.5. The van der Waals surface area contributed by atoms with Crippen LogP contribution in [0.4, 0.5) is 0 Å². The second kappa shape index (κ2) is 13.0. The molecule has 0 unspecified atom stereocenters. The highest BCUT2D eigenvalue weighted by Gasteiger charge is 2.12. The minimum atomic E-state index is -3.52. The van der Waals surface area contributed by atoms with Gasteiger partial charge in [0.25, 0.3) is 0 Å². The topological polar surface area (TPSA) is 91.8 Å². The maximum absolute atomic E-state index is 12.2. The Balaban J connectivity index is 0.00000420. The molecule has 0 spiro atoms. The minimum Gasteiger partial charge on any atom is -0.383 e. The van der Waals surface area contributed by atoms with Crippen molar-refractivity contribution in [2.45, 2.75) is 18.0 Å². The van der Waals surface area contributed by atoms with Crippen molar-refractivity contribution in [3.8, 4) is 0 Å². The van der Waals surface area contributed by atoms with Gasteiger partial charge in [-0.1, -0.05) is 35.9 Å². The van der Waals surface area contributed by atoms with E-state index in [0.29, 0.717) is 30.7 Å². The van der Waals surface area contributed by atoms with E-state index in [0.717, 1.165) is 11.1 Å². The number of hydrogen-bond donors (Lipinski definition) is 3. The van der Waals surface area contributed by atoms with Gasteiger partial charge in [0.15, 0.2) is 5.96 Å². The zero-order valence-electron chi connectivity index (χ0n) is 16.3. The van der Waals surface area contributed by atoms with Crippen molar-refractivity contribution in [2.75, 3.05) is 27.3 Å². The molecule has 0 atom stereocenters. The molecule has 0 bridgehead atoms. The fraction of sp³-hybridized carbons (Fsp3) is 0.316. The lowest BCUT2D eigenvalue weighted by Gasteiger charge is -2.12. The molecule has 0 saturated heterocycles. The number of sulfonamides is 1. The van der Waals surface area contributed by atoms with E-state index in [4.69, 9.17) is 16.3 Å². The molecule has 10 heteroatoms. The lowest BCUT2D eigenvalue weighted by Crippen LogP contribution is -2.36. The maximum atomic E-state index is 12.2. The predicted octanol–water partition coefficient (Wildman–Crippen LogP) is 2.75. The van der Waals surface area contributed by atoms with Gasteiger partial charge in [0.1, 0.15) is 0 Å². The molecule has 0 aliphatic rings. The number of hydrogen-bond acceptors (Lipinski definition) is 4. The highest BCUT2D eigenvalue weighted by Crippen LogP contribution is 2.11. The van der Waals surface area contributed by atoms with Crippen LogP contribution in [0.2, 0.25) is 5.02 Å². The summed E-state index contributed by atoms with van der Waals surface area (Å²) in [6.45, 7) is 1.68. The van der Waals surface area contributed by atoms with Crippen LogP contribution in [0.3, 0.4) is 0 Å². The molecule has 0 saturated carbocycles. The van der Waals surface area contributed by atoms with Crippen LogP contribution in [0.15, 0.2) is 58.4 Å². The first-order valence-electron chi connectivity index (χ1n) is 8.71. The first-order chi connectivity index (χ1) is 13.4. The highest BCUT2D eigenvalue weighted by atomic mass is 127. The summed E-state index contributed by atoms with van der Waals surface area (Å²) in [7, 11) is -0.308. The van der Waals surface area contributed by atoms with Gasteiger partial charge in [0, 0.05) is 38.8 Å². The van der Waals surface area contributed by atoms with Gasteiger partial charge in [0.05, 0.1) is 11.5 Å². The Morgan fingerprint density at radius 3 is 2.00 bits per heavy atom. The predicted molar refractivity (Wildman–Crippen MR) is 127 cm³/mol. The van der Waals surface area contributed by atoms with Crippen LogP contribution < -0.4 is 15.4 Å². The Morgan fingerprint density at radius 1 is 1.00 bits per heavy atom. The fourth-order valence-electron chi connectivity index (χ4n) is 2.34. The third kappa shape index (κ3) is 8.87. The molecule has 0 heterocycles. The van der Waals surface area contributed by atoms with E-state index < -0.39 is 10.0 Å². The summed E-state index contributed by atoms with van der Waals surface area (Å²) in [5, 5.41) is 7.12. The molecular weight excluding hydrogens is 527 g/mol. The smallest absolute Gasteiger partial charge is 0.240 e. The summed E-state index contributed by atoms with van der Waals surface area (Å²) < 4.78 is 31.6. The van der Waals surface area contributed by atoms with Crippen LogP contribution in [-0.2, 0) is 27.8 Å².